The molecule has 0 aliphatic carbocycles. The van der Waals surface area contributed by atoms with E-state index in [1.54, 1.807) is 17.8 Å². The molecule has 0 bridgehead atoms. The molecule has 108 valence electrons. The van der Waals surface area contributed by atoms with Crippen molar-refractivity contribution in [2.75, 3.05) is 6.61 Å². The lowest BCUT2D eigenvalue weighted by atomic mass is 10.1. The summed E-state index contributed by atoms with van der Waals surface area (Å²) < 4.78 is 34.5. The van der Waals surface area contributed by atoms with E-state index >= 15 is 0 Å². The van der Waals surface area contributed by atoms with E-state index in [2.05, 4.69) is 9.82 Å². The molecule has 0 amide bonds. The van der Waals surface area contributed by atoms with Crippen LogP contribution in [0.25, 0.3) is 0 Å². The number of aromatic nitrogens is 2. The first-order valence-corrected chi connectivity index (χ1v) is 8.10. The van der Waals surface area contributed by atoms with Gasteiger partial charge in [0.25, 0.3) is 0 Å². The van der Waals surface area contributed by atoms with Crippen LogP contribution >= 0.6 is 0 Å². The van der Waals surface area contributed by atoms with Crippen LogP contribution in [0, 0.1) is 6.92 Å². The topological polar surface area (TPSA) is 73.2 Å². The third-order valence-electron chi connectivity index (χ3n) is 3.38. The van der Waals surface area contributed by atoms with E-state index in [1.807, 2.05) is 13.8 Å². The quantitative estimate of drug-likeness (QED) is 0.879. The van der Waals surface area contributed by atoms with Crippen molar-refractivity contribution >= 4 is 10.0 Å². The Balaban J connectivity index is 2.14. The molecule has 2 rings (SSSR count). The predicted molar refractivity (Wildman–Crippen MR) is 71.4 cm³/mol. The molecule has 0 saturated carbocycles. The highest BCUT2D eigenvalue weighted by atomic mass is 32.2. The zero-order chi connectivity index (χ0) is 14.0. The minimum absolute atomic E-state index is 0.0312. The van der Waals surface area contributed by atoms with Gasteiger partial charge in [0.15, 0.2) is 0 Å². The number of nitrogens with one attached hydrogen (secondary N) is 1. The normalized spacial score (nSPS) is 21.7. The van der Waals surface area contributed by atoms with E-state index in [9.17, 15) is 8.42 Å². The Morgan fingerprint density at radius 3 is 2.89 bits per heavy atom. The summed E-state index contributed by atoms with van der Waals surface area (Å²) in [4.78, 5) is 0.249. The fourth-order valence-electron chi connectivity index (χ4n) is 2.31. The molecule has 19 heavy (non-hydrogen) atoms. The summed E-state index contributed by atoms with van der Waals surface area (Å²) in [6.45, 7) is 6.83. The fourth-order valence-corrected chi connectivity index (χ4v) is 3.76. The van der Waals surface area contributed by atoms with Gasteiger partial charge in [0.2, 0.25) is 10.0 Å². The van der Waals surface area contributed by atoms with Crippen LogP contribution in [-0.2, 0) is 21.3 Å². The van der Waals surface area contributed by atoms with Gasteiger partial charge >= 0.3 is 0 Å². The third-order valence-corrected chi connectivity index (χ3v) is 5.04. The molecule has 1 aromatic heterocycles. The summed E-state index contributed by atoms with van der Waals surface area (Å²) in [7, 11) is -3.53. The van der Waals surface area contributed by atoms with Gasteiger partial charge in [-0.05, 0) is 33.6 Å². The van der Waals surface area contributed by atoms with Crippen molar-refractivity contribution in [3.05, 3.63) is 11.9 Å². The van der Waals surface area contributed by atoms with E-state index in [0.717, 1.165) is 12.8 Å². The van der Waals surface area contributed by atoms with Crippen molar-refractivity contribution in [2.45, 2.75) is 57.2 Å². The van der Waals surface area contributed by atoms with Crippen LogP contribution in [0.4, 0.5) is 0 Å². The van der Waals surface area contributed by atoms with Crippen LogP contribution in [0.5, 0.6) is 0 Å². The largest absolute Gasteiger partial charge is 0.377 e. The average Bonchev–Trinajstić information content (AvgIpc) is 2.96. The monoisotopic (exact) mass is 287 g/mol. The first-order valence-electron chi connectivity index (χ1n) is 6.62. The molecule has 1 N–H and O–H groups in total. The number of aryl methyl sites for hydroxylation is 2. The molecule has 7 heteroatoms. The van der Waals surface area contributed by atoms with Gasteiger partial charge < -0.3 is 4.74 Å². The smallest absolute Gasteiger partial charge is 0.244 e. The van der Waals surface area contributed by atoms with Gasteiger partial charge in [-0.1, -0.05) is 0 Å². The molecular weight excluding hydrogens is 266 g/mol. The van der Waals surface area contributed by atoms with Gasteiger partial charge in [0.1, 0.15) is 4.90 Å². The molecule has 0 spiro atoms. The van der Waals surface area contributed by atoms with Gasteiger partial charge in [0, 0.05) is 25.4 Å². The van der Waals surface area contributed by atoms with Crippen molar-refractivity contribution in [1.29, 1.82) is 0 Å². The summed E-state index contributed by atoms with van der Waals surface area (Å²) in [5.41, 5.74) is 0.522. The number of nitrogens with zero attached hydrogens (tertiary/aromatic N) is 2. The van der Waals surface area contributed by atoms with Crippen LogP contribution in [0.2, 0.25) is 0 Å². The van der Waals surface area contributed by atoms with Gasteiger partial charge in [0.05, 0.1) is 11.8 Å². The van der Waals surface area contributed by atoms with Crippen molar-refractivity contribution in [1.82, 2.24) is 14.5 Å². The summed E-state index contributed by atoms with van der Waals surface area (Å²) in [6, 6.07) is -0.225. The van der Waals surface area contributed by atoms with Crippen molar-refractivity contribution in [2.24, 2.45) is 0 Å². The lowest BCUT2D eigenvalue weighted by Gasteiger charge is -2.19. The number of hydrogen-bond acceptors (Lipinski definition) is 4. The molecule has 6 nitrogen and oxygen atoms in total. The summed E-state index contributed by atoms with van der Waals surface area (Å²) in [5, 5.41) is 4.17. The third kappa shape index (κ3) is 3.16. The van der Waals surface area contributed by atoms with Crippen LogP contribution in [0.15, 0.2) is 11.1 Å². The maximum Gasteiger partial charge on any atom is 0.244 e. The predicted octanol–water partition coefficient (Wildman–Crippen LogP) is 1.06. The highest BCUT2D eigenvalue weighted by Crippen LogP contribution is 2.19. The Kier molecular flexibility index (Phi) is 4.27. The van der Waals surface area contributed by atoms with Gasteiger partial charge in [-0.15, -0.1) is 0 Å². The Morgan fingerprint density at radius 1 is 1.63 bits per heavy atom. The SMILES string of the molecule is CCn1cc(S(=O)(=O)N[C@H](C)[C@H]2CCCO2)c(C)n1. The van der Waals surface area contributed by atoms with E-state index in [-0.39, 0.29) is 17.0 Å². The van der Waals surface area contributed by atoms with Crippen LogP contribution in [-0.4, -0.2) is 37.0 Å². The second kappa shape index (κ2) is 5.60. The van der Waals surface area contributed by atoms with E-state index in [0.29, 0.717) is 18.8 Å². The van der Waals surface area contributed by atoms with Crippen molar-refractivity contribution in [3.63, 3.8) is 0 Å². The number of sulfonamides is 1. The minimum atomic E-state index is -3.53. The average molecular weight is 287 g/mol. The second-order valence-electron chi connectivity index (χ2n) is 4.90. The molecule has 1 aliphatic rings. The molecule has 2 heterocycles. The number of hydrogen-bond donors (Lipinski definition) is 1. The first-order chi connectivity index (χ1) is 8.94. The Hall–Kier alpha value is -0.920. The molecule has 2 atom stereocenters. The fraction of sp³-hybridized carbons (Fsp3) is 0.750. The van der Waals surface area contributed by atoms with Crippen LogP contribution in [0.3, 0.4) is 0 Å². The summed E-state index contributed by atoms with van der Waals surface area (Å²) >= 11 is 0. The van der Waals surface area contributed by atoms with Gasteiger partial charge in [-0.25, -0.2) is 13.1 Å². The Morgan fingerprint density at radius 2 is 2.37 bits per heavy atom. The van der Waals surface area contributed by atoms with Gasteiger partial charge in [-0.3, -0.25) is 4.68 Å². The minimum Gasteiger partial charge on any atom is -0.377 e. The summed E-state index contributed by atoms with van der Waals surface area (Å²) in [5.74, 6) is 0. The van der Waals surface area contributed by atoms with Crippen molar-refractivity contribution < 1.29 is 13.2 Å². The number of ether oxygens (including phenoxy) is 1. The first kappa shape index (κ1) is 14.5. The molecule has 1 fully saturated rings. The lowest BCUT2D eigenvalue weighted by Crippen LogP contribution is -2.40. The van der Waals surface area contributed by atoms with Crippen LogP contribution in [0.1, 0.15) is 32.4 Å². The molecule has 1 aromatic rings. The lowest BCUT2D eigenvalue weighted by molar-refractivity contribution is 0.0902. The maximum atomic E-state index is 12.3. The molecule has 0 aromatic carbocycles. The van der Waals surface area contributed by atoms with E-state index < -0.39 is 10.0 Å². The molecular formula is C12H21N3O3S. The molecule has 1 aliphatic heterocycles. The standard InChI is InChI=1S/C12H21N3O3S/c1-4-15-8-12(10(3)13-15)19(16,17)14-9(2)11-6-5-7-18-11/h8-9,11,14H,4-7H2,1-3H3/t9-,11-/m1/s1. The molecule has 1 saturated heterocycles. The Labute approximate surface area is 114 Å². The van der Waals surface area contributed by atoms with E-state index in [4.69, 9.17) is 4.74 Å². The van der Waals surface area contributed by atoms with Crippen LogP contribution < -0.4 is 4.72 Å². The highest BCUT2D eigenvalue weighted by molar-refractivity contribution is 7.89. The zero-order valence-corrected chi connectivity index (χ0v) is 12.4. The maximum absolute atomic E-state index is 12.3. The summed E-state index contributed by atoms with van der Waals surface area (Å²) in [6.07, 6.45) is 3.43. The highest BCUT2D eigenvalue weighted by Gasteiger charge is 2.28. The molecule has 0 unspecified atom stereocenters. The van der Waals surface area contributed by atoms with E-state index in [1.165, 1.54) is 0 Å². The second-order valence-corrected chi connectivity index (χ2v) is 6.58. The molecule has 0 radical (unpaired) electrons. The Bertz CT molecular complexity index is 532. The number of rotatable bonds is 5. The van der Waals surface area contributed by atoms with Gasteiger partial charge in [-0.2, -0.15) is 5.10 Å². The van der Waals surface area contributed by atoms with Crippen molar-refractivity contribution in [3.8, 4) is 0 Å². The zero-order valence-electron chi connectivity index (χ0n) is 11.6.